The van der Waals surface area contributed by atoms with Crippen LogP contribution in [0.5, 0.6) is 0 Å². The van der Waals surface area contributed by atoms with Gasteiger partial charge in [-0.1, -0.05) is 24.9 Å². The number of amides is 1. The molecule has 4 N–H and O–H groups in total. The molecule has 0 radical (unpaired) electrons. The Labute approximate surface area is 127 Å². The largest absolute Gasteiger partial charge is 0.399 e. The Morgan fingerprint density at radius 1 is 1.43 bits per heavy atom. The molecule has 0 aliphatic rings. The van der Waals surface area contributed by atoms with E-state index in [0.29, 0.717) is 12.8 Å². The molecule has 1 aromatic carbocycles. The first-order valence-corrected chi connectivity index (χ1v) is 8.05. The van der Waals surface area contributed by atoms with E-state index in [1.54, 1.807) is 0 Å². The Morgan fingerprint density at radius 2 is 2.05 bits per heavy atom. The van der Waals surface area contributed by atoms with Crippen molar-refractivity contribution >= 4 is 33.2 Å². The maximum Gasteiger partial charge on any atom is 0.246 e. The Bertz CT molecular complexity index is 637. The van der Waals surface area contributed by atoms with Crippen LogP contribution in [0.15, 0.2) is 17.0 Å². The van der Waals surface area contributed by atoms with Gasteiger partial charge in [0.25, 0.3) is 0 Å². The minimum Gasteiger partial charge on any atom is -0.399 e. The molecule has 0 saturated heterocycles. The zero-order valence-electron chi connectivity index (χ0n) is 11.5. The van der Waals surface area contributed by atoms with Crippen molar-refractivity contribution in [2.45, 2.75) is 24.7 Å². The monoisotopic (exact) mass is 337 g/mol. The fraction of sp³-hybridized carbons (Fsp3) is 0.417. The van der Waals surface area contributed by atoms with Crippen molar-refractivity contribution in [3.8, 4) is 0 Å². The Morgan fingerprint density at radius 3 is 2.57 bits per heavy atom. The Kier molecular flexibility index (Phi) is 5.94. The van der Waals surface area contributed by atoms with E-state index < -0.39 is 38.2 Å². The first-order valence-electron chi connectivity index (χ1n) is 6.23. The molecular formula is C12H17ClFN3O3S. The number of halogens is 2. The second-order valence-electron chi connectivity index (χ2n) is 4.47. The molecule has 0 fully saturated rings. The van der Waals surface area contributed by atoms with Crippen LogP contribution in [-0.4, -0.2) is 31.7 Å². The third-order valence-corrected chi connectivity index (χ3v) is 4.85. The summed E-state index contributed by atoms with van der Waals surface area (Å²) in [6.45, 7) is 1.37. The fourth-order valence-electron chi connectivity index (χ4n) is 1.70. The number of nitrogen functional groups attached to an aromatic ring is 1. The van der Waals surface area contributed by atoms with Crippen LogP contribution in [0, 0.1) is 5.82 Å². The van der Waals surface area contributed by atoms with Crippen LogP contribution in [0.25, 0.3) is 0 Å². The van der Waals surface area contributed by atoms with E-state index in [4.69, 9.17) is 23.1 Å². The van der Waals surface area contributed by atoms with Gasteiger partial charge < -0.3 is 11.5 Å². The molecule has 0 atom stereocenters. The summed E-state index contributed by atoms with van der Waals surface area (Å²) in [4.78, 5) is 10.4. The SMILES string of the molecule is CCCCN(CC(N)=O)S(=O)(=O)c1cc(N)cc(Cl)c1F. The number of anilines is 1. The quantitative estimate of drug-likeness (QED) is 0.732. The minimum atomic E-state index is -4.25. The molecule has 0 spiro atoms. The number of carbonyl (C=O) groups excluding carboxylic acids is 1. The van der Waals surface area contributed by atoms with Gasteiger partial charge in [-0.05, 0) is 18.6 Å². The third kappa shape index (κ3) is 4.29. The molecule has 0 bridgehead atoms. The topological polar surface area (TPSA) is 106 Å². The van der Waals surface area contributed by atoms with Crippen molar-refractivity contribution in [2.24, 2.45) is 5.73 Å². The van der Waals surface area contributed by atoms with Crippen LogP contribution in [-0.2, 0) is 14.8 Å². The third-order valence-electron chi connectivity index (χ3n) is 2.73. The lowest BCUT2D eigenvalue weighted by atomic mass is 10.3. The van der Waals surface area contributed by atoms with Crippen molar-refractivity contribution in [3.63, 3.8) is 0 Å². The van der Waals surface area contributed by atoms with Crippen LogP contribution >= 0.6 is 11.6 Å². The van der Waals surface area contributed by atoms with Crippen LogP contribution in [0.1, 0.15) is 19.8 Å². The number of rotatable bonds is 7. The lowest BCUT2D eigenvalue weighted by Crippen LogP contribution is -2.39. The van der Waals surface area contributed by atoms with E-state index in [9.17, 15) is 17.6 Å². The summed E-state index contributed by atoms with van der Waals surface area (Å²) >= 11 is 5.61. The number of carbonyl (C=O) groups is 1. The van der Waals surface area contributed by atoms with Crippen molar-refractivity contribution in [2.75, 3.05) is 18.8 Å². The van der Waals surface area contributed by atoms with E-state index in [0.717, 1.165) is 16.4 Å². The summed E-state index contributed by atoms with van der Waals surface area (Å²) in [5.41, 5.74) is 10.6. The van der Waals surface area contributed by atoms with Crippen LogP contribution in [0.2, 0.25) is 5.02 Å². The van der Waals surface area contributed by atoms with Gasteiger partial charge in [-0.3, -0.25) is 4.79 Å². The number of nitrogens with zero attached hydrogens (tertiary/aromatic N) is 1. The summed E-state index contributed by atoms with van der Waals surface area (Å²) < 4.78 is 39.7. The average Bonchev–Trinajstić information content (AvgIpc) is 2.38. The van der Waals surface area contributed by atoms with Gasteiger partial charge in [0.2, 0.25) is 15.9 Å². The van der Waals surface area contributed by atoms with Gasteiger partial charge in [-0.2, -0.15) is 4.31 Å². The number of primary amides is 1. The highest BCUT2D eigenvalue weighted by Gasteiger charge is 2.29. The molecule has 1 amide bonds. The first kappa shape index (κ1) is 17.7. The normalized spacial score (nSPS) is 11.8. The number of hydrogen-bond donors (Lipinski definition) is 2. The number of unbranched alkanes of at least 4 members (excludes halogenated alkanes) is 1. The summed E-state index contributed by atoms with van der Waals surface area (Å²) in [6.07, 6.45) is 1.20. The maximum absolute atomic E-state index is 14.0. The van der Waals surface area contributed by atoms with E-state index in [2.05, 4.69) is 0 Å². The molecule has 9 heteroatoms. The van der Waals surface area contributed by atoms with E-state index in [1.165, 1.54) is 0 Å². The predicted molar refractivity (Wildman–Crippen MR) is 78.7 cm³/mol. The summed E-state index contributed by atoms with van der Waals surface area (Å²) in [6, 6.07) is 2.08. The fourth-order valence-corrected chi connectivity index (χ4v) is 3.55. The van der Waals surface area contributed by atoms with Crippen molar-refractivity contribution in [3.05, 3.63) is 23.0 Å². The number of benzene rings is 1. The summed E-state index contributed by atoms with van der Waals surface area (Å²) in [5, 5.41) is -0.400. The molecule has 0 aliphatic heterocycles. The molecule has 1 rings (SSSR count). The summed E-state index contributed by atoms with van der Waals surface area (Å²) in [7, 11) is -4.25. The molecule has 0 aliphatic carbocycles. The molecular weight excluding hydrogens is 321 g/mol. The molecule has 118 valence electrons. The molecule has 0 unspecified atom stereocenters. The van der Waals surface area contributed by atoms with Crippen LogP contribution < -0.4 is 11.5 Å². The Hall–Kier alpha value is -1.38. The maximum atomic E-state index is 14.0. The molecule has 0 heterocycles. The van der Waals surface area contributed by atoms with Crippen molar-refractivity contribution in [1.29, 1.82) is 0 Å². The van der Waals surface area contributed by atoms with Gasteiger partial charge in [0.1, 0.15) is 4.90 Å². The zero-order valence-corrected chi connectivity index (χ0v) is 13.0. The lowest BCUT2D eigenvalue weighted by Gasteiger charge is -2.21. The van der Waals surface area contributed by atoms with Crippen LogP contribution in [0.4, 0.5) is 10.1 Å². The van der Waals surface area contributed by atoms with E-state index in [1.807, 2.05) is 6.92 Å². The number of sulfonamides is 1. The number of hydrogen-bond acceptors (Lipinski definition) is 4. The van der Waals surface area contributed by atoms with Crippen molar-refractivity contribution in [1.82, 2.24) is 4.31 Å². The standard InChI is InChI=1S/C12H17ClFN3O3S/c1-2-3-4-17(7-11(16)18)21(19,20)10-6-8(15)5-9(13)12(10)14/h5-6H,2-4,7,15H2,1H3,(H2,16,18). The lowest BCUT2D eigenvalue weighted by molar-refractivity contribution is -0.118. The zero-order chi connectivity index (χ0) is 16.2. The Balaban J connectivity index is 3.31. The molecule has 21 heavy (non-hydrogen) atoms. The molecule has 6 nitrogen and oxygen atoms in total. The highest BCUT2D eigenvalue weighted by Crippen LogP contribution is 2.28. The molecule has 0 saturated carbocycles. The highest BCUT2D eigenvalue weighted by atomic mass is 35.5. The molecule has 1 aromatic rings. The van der Waals surface area contributed by atoms with Crippen LogP contribution in [0.3, 0.4) is 0 Å². The minimum absolute atomic E-state index is 0.00879. The van der Waals surface area contributed by atoms with E-state index in [-0.39, 0.29) is 12.2 Å². The van der Waals surface area contributed by atoms with Gasteiger partial charge in [-0.15, -0.1) is 0 Å². The van der Waals surface area contributed by atoms with Gasteiger partial charge in [0.15, 0.2) is 5.82 Å². The second kappa shape index (κ2) is 7.06. The highest BCUT2D eigenvalue weighted by molar-refractivity contribution is 7.89. The van der Waals surface area contributed by atoms with Gasteiger partial charge in [-0.25, -0.2) is 12.8 Å². The smallest absolute Gasteiger partial charge is 0.246 e. The molecule has 0 aromatic heterocycles. The second-order valence-corrected chi connectivity index (χ2v) is 6.79. The average molecular weight is 338 g/mol. The van der Waals surface area contributed by atoms with Gasteiger partial charge in [0.05, 0.1) is 11.6 Å². The van der Waals surface area contributed by atoms with Gasteiger partial charge in [0, 0.05) is 12.2 Å². The summed E-state index contributed by atoms with van der Waals surface area (Å²) in [5.74, 6) is -1.93. The van der Waals surface area contributed by atoms with Gasteiger partial charge >= 0.3 is 0 Å². The predicted octanol–water partition coefficient (Wildman–Crippen LogP) is 1.34. The van der Waals surface area contributed by atoms with E-state index >= 15 is 0 Å². The first-order chi connectivity index (χ1) is 9.70. The van der Waals surface area contributed by atoms with Crippen molar-refractivity contribution < 1.29 is 17.6 Å². The number of nitrogens with two attached hydrogens (primary N) is 2.